The van der Waals surface area contributed by atoms with Gasteiger partial charge in [-0.1, -0.05) is 105 Å². The minimum Gasteiger partial charge on any atom is -0.466 e. The SMILES string of the molecule is CCCCCCCCCOC(=O)CCCCCCCN(CCCCCCCC(=O)OCC1(C)C2C(C)C3C(C)C1C32)CCCn1ccnc1. The first kappa shape index (κ1) is 39.9. The molecule has 3 aliphatic rings. The molecular formula is C42H73N3O4. The van der Waals surface area contributed by atoms with Crippen molar-refractivity contribution >= 4 is 11.9 Å². The van der Waals surface area contributed by atoms with Crippen LogP contribution in [0.15, 0.2) is 18.7 Å². The molecule has 280 valence electrons. The van der Waals surface area contributed by atoms with Gasteiger partial charge in [-0.3, -0.25) is 9.59 Å². The van der Waals surface area contributed by atoms with Crippen LogP contribution in [0.3, 0.4) is 0 Å². The molecule has 7 heteroatoms. The van der Waals surface area contributed by atoms with Gasteiger partial charge in [0.15, 0.2) is 0 Å². The van der Waals surface area contributed by atoms with Crippen LogP contribution in [0.25, 0.3) is 0 Å². The highest BCUT2D eigenvalue weighted by Gasteiger charge is 2.79. The fourth-order valence-electron chi connectivity index (χ4n) is 10.3. The Morgan fingerprint density at radius 3 is 1.80 bits per heavy atom. The van der Waals surface area contributed by atoms with Gasteiger partial charge < -0.3 is 18.9 Å². The average molecular weight is 684 g/mol. The maximum Gasteiger partial charge on any atom is 0.305 e. The highest BCUT2D eigenvalue weighted by molar-refractivity contribution is 5.69. The Morgan fingerprint density at radius 2 is 1.22 bits per heavy atom. The number of esters is 2. The summed E-state index contributed by atoms with van der Waals surface area (Å²) >= 11 is 0. The van der Waals surface area contributed by atoms with Gasteiger partial charge in [-0.25, -0.2) is 4.98 Å². The first-order valence-corrected chi connectivity index (χ1v) is 20.9. The lowest BCUT2D eigenvalue weighted by molar-refractivity contribution is -0.376. The second kappa shape index (κ2) is 21.5. The van der Waals surface area contributed by atoms with Crippen LogP contribution in [0.4, 0.5) is 0 Å². The average Bonchev–Trinajstić information content (AvgIpc) is 3.60. The number of aryl methyl sites for hydroxylation is 1. The van der Waals surface area contributed by atoms with Crippen molar-refractivity contribution in [2.75, 3.05) is 32.8 Å². The summed E-state index contributed by atoms with van der Waals surface area (Å²) in [5.74, 6) is 5.13. The third-order valence-electron chi connectivity index (χ3n) is 12.9. The van der Waals surface area contributed by atoms with Gasteiger partial charge in [0, 0.05) is 37.2 Å². The van der Waals surface area contributed by atoms with E-state index in [2.05, 4.69) is 42.1 Å². The van der Waals surface area contributed by atoms with Crippen LogP contribution in [0.1, 0.15) is 156 Å². The van der Waals surface area contributed by atoms with Crippen molar-refractivity contribution < 1.29 is 19.1 Å². The van der Waals surface area contributed by atoms with Crippen molar-refractivity contribution in [3.8, 4) is 0 Å². The van der Waals surface area contributed by atoms with E-state index < -0.39 is 0 Å². The van der Waals surface area contributed by atoms with Gasteiger partial charge in [-0.05, 0) is 93.7 Å². The maximum atomic E-state index is 12.5. The van der Waals surface area contributed by atoms with Crippen LogP contribution in [0.2, 0.25) is 0 Å². The number of nitrogens with zero attached hydrogens (tertiary/aromatic N) is 3. The maximum absolute atomic E-state index is 12.5. The van der Waals surface area contributed by atoms with E-state index in [4.69, 9.17) is 9.47 Å². The van der Waals surface area contributed by atoms with Gasteiger partial charge in [0.1, 0.15) is 0 Å². The Balaban J connectivity index is 0.980. The molecule has 4 rings (SSSR count). The molecule has 0 N–H and O–H groups in total. The molecule has 1 aromatic rings. The highest BCUT2D eigenvalue weighted by atomic mass is 16.5. The molecule has 0 bridgehead atoms. The smallest absolute Gasteiger partial charge is 0.305 e. The fourth-order valence-corrected chi connectivity index (χ4v) is 10.3. The molecule has 0 aliphatic heterocycles. The molecule has 0 spiro atoms. The molecule has 49 heavy (non-hydrogen) atoms. The summed E-state index contributed by atoms with van der Waals surface area (Å²) in [6, 6.07) is 0. The molecule has 3 saturated carbocycles. The molecule has 0 amide bonds. The van der Waals surface area contributed by atoms with E-state index in [1.165, 1.54) is 77.0 Å². The second-order valence-electron chi connectivity index (χ2n) is 16.5. The standard InChI is InChI=1S/C42H73N3O4/c1-5-6-7-8-9-16-21-31-48-36(46)23-17-12-10-14-19-26-44(28-22-29-45-30-25-43-33-45)27-20-15-11-13-18-24-37(47)49-32-42(4)40-34(2)38-35(3)41(42)39(38)40/h25,30,33-35,38-41H,5-24,26-29,31-32H2,1-4H3. The first-order chi connectivity index (χ1) is 23.9. The Kier molecular flexibility index (Phi) is 17.5. The lowest BCUT2D eigenvalue weighted by Gasteiger charge is -2.83. The van der Waals surface area contributed by atoms with Gasteiger partial charge in [0.2, 0.25) is 0 Å². The Morgan fingerprint density at radius 1 is 0.694 bits per heavy atom. The normalized spacial score (nSPS) is 26.5. The van der Waals surface area contributed by atoms with Gasteiger partial charge >= 0.3 is 11.9 Å². The van der Waals surface area contributed by atoms with E-state index in [1.54, 1.807) is 0 Å². The van der Waals surface area contributed by atoms with Crippen molar-refractivity contribution in [1.29, 1.82) is 0 Å². The van der Waals surface area contributed by atoms with Gasteiger partial charge in [-0.15, -0.1) is 0 Å². The summed E-state index contributed by atoms with van der Waals surface area (Å²) in [4.78, 5) is 31.4. The van der Waals surface area contributed by atoms with Crippen molar-refractivity contribution in [2.24, 2.45) is 40.9 Å². The van der Waals surface area contributed by atoms with Crippen LogP contribution >= 0.6 is 0 Å². The number of carbonyl (C=O) groups excluding carboxylic acids is 2. The Bertz CT molecular complexity index is 1030. The number of imidazole rings is 1. The summed E-state index contributed by atoms with van der Waals surface area (Å²) in [6.45, 7) is 15.1. The molecule has 1 heterocycles. The molecule has 3 aliphatic carbocycles. The molecule has 0 radical (unpaired) electrons. The number of hydrogen-bond acceptors (Lipinski definition) is 6. The zero-order valence-electron chi connectivity index (χ0n) is 32.1. The minimum atomic E-state index is -0.0136. The molecular weight excluding hydrogens is 610 g/mol. The van der Waals surface area contributed by atoms with Crippen LogP contribution in [-0.4, -0.2) is 59.2 Å². The van der Waals surface area contributed by atoms with E-state index >= 15 is 0 Å². The number of ether oxygens (including phenoxy) is 2. The largest absolute Gasteiger partial charge is 0.466 e. The quantitative estimate of drug-likeness (QED) is 0.0594. The van der Waals surface area contributed by atoms with Crippen LogP contribution in [0, 0.1) is 40.9 Å². The lowest BCUT2D eigenvalue weighted by Crippen LogP contribution is -2.81. The summed E-state index contributed by atoms with van der Waals surface area (Å²) in [6.07, 6.45) is 28.2. The van der Waals surface area contributed by atoms with Crippen LogP contribution < -0.4 is 0 Å². The number of hydrogen-bond donors (Lipinski definition) is 0. The third-order valence-corrected chi connectivity index (χ3v) is 12.9. The molecule has 0 aromatic carbocycles. The van der Waals surface area contributed by atoms with E-state index in [0.717, 1.165) is 100 Å². The molecule has 3 fully saturated rings. The van der Waals surface area contributed by atoms with Crippen molar-refractivity contribution in [3.05, 3.63) is 18.7 Å². The van der Waals surface area contributed by atoms with Gasteiger partial charge in [-0.2, -0.15) is 0 Å². The number of aromatic nitrogens is 2. The van der Waals surface area contributed by atoms with Gasteiger partial charge in [0.25, 0.3) is 0 Å². The predicted molar refractivity (Wildman–Crippen MR) is 199 cm³/mol. The Hall–Kier alpha value is -1.89. The fraction of sp³-hybridized carbons (Fsp3) is 0.881. The molecule has 7 nitrogen and oxygen atoms in total. The van der Waals surface area contributed by atoms with Crippen LogP contribution in [-0.2, 0) is 25.6 Å². The van der Waals surface area contributed by atoms with E-state index in [9.17, 15) is 9.59 Å². The first-order valence-electron chi connectivity index (χ1n) is 20.9. The molecule has 1 aromatic heterocycles. The van der Waals surface area contributed by atoms with E-state index in [-0.39, 0.29) is 17.4 Å². The van der Waals surface area contributed by atoms with Crippen LogP contribution in [0.5, 0.6) is 0 Å². The molecule has 4 atom stereocenters. The zero-order valence-corrected chi connectivity index (χ0v) is 32.1. The minimum absolute atomic E-state index is 0.0136. The lowest BCUT2D eigenvalue weighted by atomic mass is 9.21. The summed E-state index contributed by atoms with van der Waals surface area (Å²) in [7, 11) is 0. The third kappa shape index (κ3) is 11.8. The van der Waals surface area contributed by atoms with Crippen molar-refractivity contribution in [1.82, 2.24) is 14.5 Å². The Labute approximate surface area is 300 Å². The predicted octanol–water partition coefficient (Wildman–Crippen LogP) is 9.88. The van der Waals surface area contributed by atoms with Crippen molar-refractivity contribution in [2.45, 2.75) is 163 Å². The van der Waals surface area contributed by atoms with Gasteiger partial charge in [0.05, 0.1) is 19.5 Å². The zero-order chi connectivity index (χ0) is 34.9. The summed E-state index contributed by atoms with van der Waals surface area (Å²) in [5.41, 5.74) is 0.237. The second-order valence-corrected chi connectivity index (χ2v) is 16.5. The summed E-state index contributed by atoms with van der Waals surface area (Å²) in [5, 5.41) is 0. The number of rotatable bonds is 30. The monoisotopic (exact) mass is 684 g/mol. The van der Waals surface area contributed by atoms with E-state index in [1.807, 2.05) is 18.7 Å². The van der Waals surface area contributed by atoms with Crippen molar-refractivity contribution in [3.63, 3.8) is 0 Å². The summed E-state index contributed by atoms with van der Waals surface area (Å²) < 4.78 is 13.5. The molecule has 4 unspecified atom stereocenters. The molecule has 0 saturated heterocycles. The number of carbonyl (C=O) groups is 2. The topological polar surface area (TPSA) is 73.7 Å². The number of unbranched alkanes of at least 4 members (excludes halogenated alkanes) is 14. The highest BCUT2D eigenvalue weighted by Crippen LogP contribution is 2.82. The van der Waals surface area contributed by atoms with E-state index in [0.29, 0.717) is 26.1 Å².